The third-order valence-corrected chi connectivity index (χ3v) is 2.20. The van der Waals surface area contributed by atoms with Crippen molar-refractivity contribution in [3.63, 3.8) is 0 Å². The fraction of sp³-hybridized carbons (Fsp3) is 0.385. The minimum absolute atomic E-state index is 0.130. The van der Waals surface area contributed by atoms with Gasteiger partial charge in [-0.2, -0.15) is 0 Å². The van der Waals surface area contributed by atoms with Gasteiger partial charge in [0.05, 0.1) is 6.04 Å². The molecule has 1 aromatic rings. The molecule has 0 aliphatic heterocycles. The minimum Gasteiger partial charge on any atom is -0.300 e. The van der Waals surface area contributed by atoms with Crippen LogP contribution in [0.15, 0.2) is 35.3 Å². The first-order chi connectivity index (χ1) is 7.09. The summed E-state index contributed by atoms with van der Waals surface area (Å²) in [7, 11) is 0. The summed E-state index contributed by atoms with van der Waals surface area (Å²) in [6.07, 6.45) is 0.456. The van der Waals surface area contributed by atoms with E-state index in [-0.39, 0.29) is 11.8 Å². The molecule has 0 heterocycles. The van der Waals surface area contributed by atoms with E-state index in [1.54, 1.807) is 6.92 Å². The molecule has 80 valence electrons. The van der Waals surface area contributed by atoms with Crippen LogP contribution in [-0.2, 0) is 4.79 Å². The van der Waals surface area contributed by atoms with Crippen LogP contribution in [-0.4, -0.2) is 11.5 Å². The van der Waals surface area contributed by atoms with Gasteiger partial charge in [0.1, 0.15) is 5.78 Å². The summed E-state index contributed by atoms with van der Waals surface area (Å²) < 4.78 is 0. The number of carbonyl (C=O) groups is 1. The Balaban J connectivity index is 2.70. The van der Waals surface area contributed by atoms with Crippen LogP contribution in [0.1, 0.15) is 38.8 Å². The van der Waals surface area contributed by atoms with Gasteiger partial charge in [-0.3, -0.25) is 9.79 Å². The third-order valence-electron chi connectivity index (χ3n) is 2.20. The van der Waals surface area contributed by atoms with Crippen molar-refractivity contribution in [2.24, 2.45) is 4.99 Å². The Labute approximate surface area is 91.0 Å². The van der Waals surface area contributed by atoms with E-state index >= 15 is 0 Å². The van der Waals surface area contributed by atoms with Crippen molar-refractivity contribution in [3.8, 4) is 0 Å². The minimum atomic E-state index is 0.130. The van der Waals surface area contributed by atoms with Gasteiger partial charge in [0.15, 0.2) is 0 Å². The molecule has 1 rings (SSSR count). The first-order valence-electron chi connectivity index (χ1n) is 5.17. The average molecular weight is 203 g/mol. The van der Waals surface area contributed by atoms with Gasteiger partial charge in [0, 0.05) is 12.1 Å². The van der Waals surface area contributed by atoms with Crippen LogP contribution in [0.3, 0.4) is 0 Å². The summed E-state index contributed by atoms with van der Waals surface area (Å²) in [6, 6.07) is 10.2. The van der Waals surface area contributed by atoms with Crippen molar-refractivity contribution in [2.45, 2.75) is 33.2 Å². The Morgan fingerprint density at radius 2 is 1.87 bits per heavy atom. The van der Waals surface area contributed by atoms with Crippen molar-refractivity contribution in [1.29, 1.82) is 0 Å². The zero-order valence-corrected chi connectivity index (χ0v) is 9.53. The van der Waals surface area contributed by atoms with Crippen LogP contribution < -0.4 is 0 Å². The number of hydrogen-bond acceptors (Lipinski definition) is 2. The molecule has 0 fully saturated rings. The molecular weight excluding hydrogens is 186 g/mol. The second kappa shape index (κ2) is 5.44. The van der Waals surface area contributed by atoms with Crippen LogP contribution in [0.5, 0.6) is 0 Å². The lowest BCUT2D eigenvalue weighted by Crippen LogP contribution is -2.02. The van der Waals surface area contributed by atoms with E-state index in [0.717, 1.165) is 5.71 Å². The molecule has 0 aliphatic carbocycles. The second-order valence-corrected chi connectivity index (χ2v) is 3.83. The molecule has 1 aromatic carbocycles. The standard InChI is InChI=1S/C13H17NO/c1-10(9-11(2)15)14-12(3)13-7-5-4-6-8-13/h4-8,12H,9H2,1-3H3/t12-/m0/s1. The molecule has 0 spiro atoms. The van der Waals surface area contributed by atoms with Crippen LogP contribution in [0, 0.1) is 0 Å². The van der Waals surface area contributed by atoms with Crippen LogP contribution in [0.25, 0.3) is 0 Å². The highest BCUT2D eigenvalue weighted by atomic mass is 16.1. The fourth-order valence-corrected chi connectivity index (χ4v) is 1.54. The van der Waals surface area contributed by atoms with Gasteiger partial charge in [-0.1, -0.05) is 30.3 Å². The molecule has 0 aliphatic rings. The quantitative estimate of drug-likeness (QED) is 0.691. The van der Waals surface area contributed by atoms with Crippen molar-refractivity contribution < 1.29 is 4.79 Å². The molecule has 2 heteroatoms. The van der Waals surface area contributed by atoms with Crippen molar-refractivity contribution in [2.75, 3.05) is 0 Å². The molecule has 15 heavy (non-hydrogen) atoms. The van der Waals surface area contributed by atoms with Gasteiger partial charge in [-0.25, -0.2) is 0 Å². The molecule has 0 saturated heterocycles. The van der Waals surface area contributed by atoms with Gasteiger partial charge in [-0.15, -0.1) is 0 Å². The Morgan fingerprint density at radius 1 is 1.27 bits per heavy atom. The lowest BCUT2D eigenvalue weighted by molar-refractivity contribution is -0.115. The van der Waals surface area contributed by atoms with Crippen LogP contribution in [0.4, 0.5) is 0 Å². The largest absolute Gasteiger partial charge is 0.300 e. The molecule has 0 saturated carbocycles. The molecular formula is C13H17NO. The lowest BCUT2D eigenvalue weighted by atomic mass is 10.1. The normalized spacial score (nSPS) is 13.7. The Bertz CT molecular complexity index is 354. The third kappa shape index (κ3) is 4.07. The first kappa shape index (κ1) is 11.6. The lowest BCUT2D eigenvalue weighted by Gasteiger charge is -2.07. The predicted molar refractivity (Wildman–Crippen MR) is 63.3 cm³/mol. The highest BCUT2D eigenvalue weighted by molar-refractivity contribution is 5.99. The van der Waals surface area contributed by atoms with E-state index < -0.39 is 0 Å². The Hall–Kier alpha value is -1.44. The number of Topliss-reactive ketones (excluding diaryl/α,β-unsaturated/α-hetero) is 1. The first-order valence-corrected chi connectivity index (χ1v) is 5.17. The molecule has 0 amide bonds. The summed E-state index contributed by atoms with van der Waals surface area (Å²) in [4.78, 5) is 15.4. The van der Waals surface area contributed by atoms with E-state index in [4.69, 9.17) is 0 Å². The molecule has 2 nitrogen and oxygen atoms in total. The van der Waals surface area contributed by atoms with Crippen LogP contribution >= 0.6 is 0 Å². The number of nitrogens with zero attached hydrogens (tertiary/aromatic N) is 1. The van der Waals surface area contributed by atoms with E-state index in [1.165, 1.54) is 5.56 Å². The number of rotatable bonds is 4. The average Bonchev–Trinajstić information content (AvgIpc) is 2.17. The summed E-state index contributed by atoms with van der Waals surface area (Å²) in [5.74, 6) is 0.163. The highest BCUT2D eigenvalue weighted by Crippen LogP contribution is 2.16. The molecule has 0 N–H and O–H groups in total. The number of ketones is 1. The number of carbonyl (C=O) groups excluding carboxylic acids is 1. The Kier molecular flexibility index (Phi) is 4.22. The molecule has 0 aromatic heterocycles. The maximum absolute atomic E-state index is 10.9. The molecule has 0 bridgehead atoms. The SMILES string of the molecule is CC(=O)CC(C)=N[C@@H](C)c1ccccc1. The van der Waals surface area contributed by atoms with Crippen molar-refractivity contribution >= 4 is 11.5 Å². The number of benzene rings is 1. The van der Waals surface area contributed by atoms with Gasteiger partial charge < -0.3 is 0 Å². The van der Waals surface area contributed by atoms with Gasteiger partial charge in [0.2, 0.25) is 0 Å². The molecule has 0 unspecified atom stereocenters. The van der Waals surface area contributed by atoms with E-state index in [0.29, 0.717) is 6.42 Å². The zero-order valence-electron chi connectivity index (χ0n) is 9.53. The maximum atomic E-state index is 10.9. The Morgan fingerprint density at radius 3 is 2.40 bits per heavy atom. The van der Waals surface area contributed by atoms with Gasteiger partial charge in [0.25, 0.3) is 0 Å². The van der Waals surface area contributed by atoms with Gasteiger partial charge in [-0.05, 0) is 26.3 Å². The topological polar surface area (TPSA) is 29.4 Å². The molecule has 1 atom stereocenters. The van der Waals surface area contributed by atoms with E-state index in [1.807, 2.05) is 32.0 Å². The zero-order chi connectivity index (χ0) is 11.3. The monoisotopic (exact) mass is 203 g/mol. The van der Waals surface area contributed by atoms with Crippen LogP contribution in [0.2, 0.25) is 0 Å². The van der Waals surface area contributed by atoms with E-state index in [9.17, 15) is 4.79 Å². The van der Waals surface area contributed by atoms with E-state index in [2.05, 4.69) is 17.1 Å². The fourth-order valence-electron chi connectivity index (χ4n) is 1.54. The number of hydrogen-bond donors (Lipinski definition) is 0. The summed E-state index contributed by atoms with van der Waals surface area (Å²) in [5.41, 5.74) is 2.08. The summed E-state index contributed by atoms with van der Waals surface area (Å²) in [5, 5.41) is 0. The summed E-state index contributed by atoms with van der Waals surface area (Å²) >= 11 is 0. The van der Waals surface area contributed by atoms with Crippen molar-refractivity contribution in [1.82, 2.24) is 0 Å². The maximum Gasteiger partial charge on any atom is 0.135 e. The predicted octanol–water partition coefficient (Wildman–Crippen LogP) is 3.19. The number of aliphatic imine (C=N–C) groups is 1. The van der Waals surface area contributed by atoms with Gasteiger partial charge >= 0.3 is 0 Å². The highest BCUT2D eigenvalue weighted by Gasteiger charge is 2.03. The van der Waals surface area contributed by atoms with Crippen molar-refractivity contribution in [3.05, 3.63) is 35.9 Å². The second-order valence-electron chi connectivity index (χ2n) is 3.83. The summed E-state index contributed by atoms with van der Waals surface area (Å²) in [6.45, 7) is 5.53. The molecule has 0 radical (unpaired) electrons. The smallest absolute Gasteiger partial charge is 0.135 e.